The smallest absolute Gasteiger partial charge is 0.350 e. The maximum absolute atomic E-state index is 13.2. The first kappa shape index (κ1) is 25.1. The van der Waals surface area contributed by atoms with Gasteiger partial charge in [0, 0.05) is 37.0 Å². The van der Waals surface area contributed by atoms with Gasteiger partial charge in [0.25, 0.3) is 0 Å². The van der Waals surface area contributed by atoms with Crippen LogP contribution in [-0.2, 0) is 13.0 Å². The van der Waals surface area contributed by atoms with Crippen molar-refractivity contribution in [2.45, 2.75) is 40.2 Å². The Kier molecular flexibility index (Phi) is 7.19. The van der Waals surface area contributed by atoms with E-state index >= 15 is 0 Å². The average Bonchev–Trinajstić information content (AvgIpc) is 2.83. The van der Waals surface area contributed by atoms with Gasteiger partial charge in [-0.3, -0.25) is 4.57 Å². The number of nitrogens with two attached hydrogens (primary N) is 1. The van der Waals surface area contributed by atoms with Crippen LogP contribution in [0.2, 0.25) is 0 Å². The second kappa shape index (κ2) is 10.3. The fourth-order valence-corrected chi connectivity index (χ4v) is 5.06. The molecule has 3 aromatic rings. The van der Waals surface area contributed by atoms with E-state index in [4.69, 9.17) is 15.2 Å². The highest BCUT2D eigenvalue weighted by molar-refractivity contribution is 5.75. The van der Waals surface area contributed by atoms with E-state index in [0.29, 0.717) is 49.8 Å². The molecule has 0 fully saturated rings. The van der Waals surface area contributed by atoms with E-state index < -0.39 is 6.03 Å². The highest BCUT2D eigenvalue weighted by atomic mass is 16.5. The van der Waals surface area contributed by atoms with Crippen LogP contribution in [0.25, 0.3) is 11.3 Å². The van der Waals surface area contributed by atoms with E-state index in [0.717, 1.165) is 39.2 Å². The fourth-order valence-electron chi connectivity index (χ4n) is 5.06. The number of benzene rings is 2. The van der Waals surface area contributed by atoms with E-state index in [1.165, 1.54) is 0 Å². The number of fused-ring (bicyclic) bond motifs is 3. The topological polar surface area (TPSA) is 112 Å². The Morgan fingerprint density at radius 1 is 1.08 bits per heavy atom. The summed E-state index contributed by atoms with van der Waals surface area (Å²) in [4.78, 5) is 31.0. The first-order valence-corrected chi connectivity index (χ1v) is 12.0. The van der Waals surface area contributed by atoms with Crippen molar-refractivity contribution in [1.82, 2.24) is 14.9 Å². The summed E-state index contributed by atoms with van der Waals surface area (Å²) in [6.07, 6.45) is 1.32. The molecule has 0 atom stereocenters. The SMILES string of the molecule is COc1cc2c(cc1OC)-c1cc(N(CCCNC(N)=O)c3c(C)cc(C)cc3C)nc(=O)n1CC2. The standard InChI is InChI=1S/C27H33N5O4/c1-16-11-17(2)25(18(3)12-16)32(9-6-8-29-26(28)33)24-15-21-20-14-23(36-5)22(35-4)13-19(20)7-10-31(21)27(34)30-24/h11-15H,6-10H2,1-5H3,(H3,28,29,33). The molecule has 9 nitrogen and oxygen atoms in total. The summed E-state index contributed by atoms with van der Waals surface area (Å²) in [6, 6.07) is 9.54. The number of primary amides is 1. The van der Waals surface area contributed by atoms with Crippen molar-refractivity contribution in [3.05, 3.63) is 63.1 Å². The molecule has 0 spiro atoms. The molecular weight excluding hydrogens is 458 g/mol. The summed E-state index contributed by atoms with van der Waals surface area (Å²) in [5, 5.41) is 2.64. The van der Waals surface area contributed by atoms with Crippen molar-refractivity contribution in [2.24, 2.45) is 5.73 Å². The summed E-state index contributed by atoms with van der Waals surface area (Å²) >= 11 is 0. The third kappa shape index (κ3) is 4.86. The molecule has 0 bridgehead atoms. The van der Waals surface area contributed by atoms with Crippen molar-refractivity contribution in [3.63, 3.8) is 0 Å². The van der Waals surface area contributed by atoms with Crippen LogP contribution in [0, 0.1) is 20.8 Å². The van der Waals surface area contributed by atoms with Crippen molar-refractivity contribution < 1.29 is 14.3 Å². The van der Waals surface area contributed by atoms with Gasteiger partial charge in [0.05, 0.1) is 19.9 Å². The minimum atomic E-state index is -0.560. The van der Waals surface area contributed by atoms with Crippen molar-refractivity contribution >= 4 is 17.5 Å². The molecule has 0 saturated carbocycles. The molecule has 2 heterocycles. The molecule has 0 saturated heterocycles. The Morgan fingerprint density at radius 3 is 2.39 bits per heavy atom. The highest BCUT2D eigenvalue weighted by Crippen LogP contribution is 2.39. The molecular formula is C27H33N5O4. The average molecular weight is 492 g/mol. The largest absolute Gasteiger partial charge is 0.493 e. The number of urea groups is 1. The zero-order valence-electron chi connectivity index (χ0n) is 21.5. The van der Waals surface area contributed by atoms with Crippen LogP contribution in [-0.4, -0.2) is 42.9 Å². The predicted octanol–water partition coefficient (Wildman–Crippen LogP) is 3.61. The minimum Gasteiger partial charge on any atom is -0.493 e. The molecule has 0 unspecified atom stereocenters. The lowest BCUT2D eigenvalue weighted by Crippen LogP contribution is -2.34. The van der Waals surface area contributed by atoms with Gasteiger partial charge in [-0.1, -0.05) is 17.7 Å². The van der Waals surface area contributed by atoms with Gasteiger partial charge in [-0.15, -0.1) is 0 Å². The number of methoxy groups -OCH3 is 2. The number of rotatable bonds is 8. The van der Waals surface area contributed by atoms with E-state index in [1.807, 2.05) is 18.2 Å². The summed E-state index contributed by atoms with van der Waals surface area (Å²) in [7, 11) is 3.22. The number of carbonyl (C=O) groups excluding carboxylic acids is 1. The number of nitrogens with zero attached hydrogens (tertiary/aromatic N) is 3. The molecule has 9 heteroatoms. The van der Waals surface area contributed by atoms with Crippen LogP contribution >= 0.6 is 0 Å². The third-order valence-electron chi connectivity index (χ3n) is 6.53. The van der Waals surface area contributed by atoms with E-state index in [9.17, 15) is 9.59 Å². The van der Waals surface area contributed by atoms with Gasteiger partial charge in [0.1, 0.15) is 5.82 Å². The van der Waals surface area contributed by atoms with Crippen molar-refractivity contribution in [2.75, 3.05) is 32.2 Å². The summed E-state index contributed by atoms with van der Waals surface area (Å²) < 4.78 is 12.7. The summed E-state index contributed by atoms with van der Waals surface area (Å²) in [6.45, 7) is 7.67. The number of aromatic nitrogens is 2. The highest BCUT2D eigenvalue weighted by Gasteiger charge is 2.24. The van der Waals surface area contributed by atoms with Gasteiger partial charge < -0.3 is 25.4 Å². The minimum absolute atomic E-state index is 0.300. The molecule has 0 aliphatic carbocycles. The van der Waals surface area contributed by atoms with Gasteiger partial charge in [0.15, 0.2) is 11.5 Å². The first-order valence-electron chi connectivity index (χ1n) is 12.0. The number of nitrogens with one attached hydrogen (secondary N) is 1. The quantitative estimate of drug-likeness (QED) is 0.466. The van der Waals surface area contributed by atoms with Crippen LogP contribution in [0.4, 0.5) is 16.3 Å². The molecule has 4 rings (SSSR count). The van der Waals surface area contributed by atoms with Gasteiger partial charge in [-0.2, -0.15) is 4.98 Å². The van der Waals surface area contributed by atoms with E-state index in [2.05, 4.69) is 48.1 Å². The van der Waals surface area contributed by atoms with Crippen molar-refractivity contribution in [1.29, 1.82) is 0 Å². The van der Waals surface area contributed by atoms with Crippen LogP contribution in [0.15, 0.2) is 35.1 Å². The number of amides is 2. The Morgan fingerprint density at radius 2 is 1.75 bits per heavy atom. The van der Waals surface area contributed by atoms with Gasteiger partial charge in [0.2, 0.25) is 0 Å². The number of hydrogen-bond acceptors (Lipinski definition) is 6. The van der Waals surface area contributed by atoms with Crippen LogP contribution in [0.1, 0.15) is 28.7 Å². The van der Waals surface area contributed by atoms with Crippen LogP contribution in [0.5, 0.6) is 11.5 Å². The van der Waals surface area contributed by atoms with Crippen LogP contribution < -0.4 is 31.1 Å². The normalized spacial score (nSPS) is 11.9. The van der Waals surface area contributed by atoms with E-state index in [1.54, 1.807) is 18.8 Å². The van der Waals surface area contributed by atoms with Gasteiger partial charge in [-0.05, 0) is 62.4 Å². The molecule has 3 N–H and O–H groups in total. The molecule has 36 heavy (non-hydrogen) atoms. The Bertz CT molecular complexity index is 1340. The number of hydrogen-bond donors (Lipinski definition) is 2. The van der Waals surface area contributed by atoms with Crippen LogP contribution in [0.3, 0.4) is 0 Å². The maximum Gasteiger partial charge on any atom is 0.350 e. The Balaban J connectivity index is 1.85. The molecule has 2 amide bonds. The summed E-state index contributed by atoms with van der Waals surface area (Å²) in [5.74, 6) is 1.83. The lowest BCUT2D eigenvalue weighted by atomic mass is 9.96. The molecule has 0 radical (unpaired) electrons. The maximum atomic E-state index is 13.2. The molecule has 2 aromatic carbocycles. The summed E-state index contributed by atoms with van der Waals surface area (Å²) in [5.41, 5.74) is 12.1. The lowest BCUT2D eigenvalue weighted by Gasteiger charge is -2.30. The third-order valence-corrected chi connectivity index (χ3v) is 6.53. The second-order valence-electron chi connectivity index (χ2n) is 9.09. The Hall–Kier alpha value is -4.01. The number of aryl methyl sites for hydroxylation is 4. The number of anilines is 2. The fraction of sp³-hybridized carbons (Fsp3) is 0.370. The molecule has 1 aromatic heterocycles. The monoisotopic (exact) mass is 491 g/mol. The van der Waals surface area contributed by atoms with Crippen molar-refractivity contribution in [3.8, 4) is 22.8 Å². The van der Waals surface area contributed by atoms with E-state index in [-0.39, 0.29) is 5.69 Å². The Labute approximate surface area is 210 Å². The zero-order valence-corrected chi connectivity index (χ0v) is 21.5. The second-order valence-corrected chi connectivity index (χ2v) is 9.09. The molecule has 1 aliphatic heterocycles. The molecule has 190 valence electrons. The zero-order chi connectivity index (χ0) is 26.0. The first-order chi connectivity index (χ1) is 17.2. The van der Waals surface area contributed by atoms with Gasteiger partial charge in [-0.25, -0.2) is 9.59 Å². The lowest BCUT2D eigenvalue weighted by molar-refractivity contribution is 0.249. The van der Waals surface area contributed by atoms with Gasteiger partial charge >= 0.3 is 11.7 Å². The number of carbonyl (C=O) groups is 1. The number of ether oxygens (including phenoxy) is 2. The predicted molar refractivity (Wildman–Crippen MR) is 141 cm³/mol. The molecule has 1 aliphatic rings.